The maximum Gasteiger partial charge on any atom is 0.171 e. The Bertz CT molecular complexity index is 792. The first-order chi connectivity index (χ1) is 11.7. The number of rotatable bonds is 2. The first-order valence-corrected chi connectivity index (χ1v) is 10.0. The van der Waals surface area contributed by atoms with E-state index in [9.17, 15) is 0 Å². The van der Waals surface area contributed by atoms with Gasteiger partial charge in [-0.25, -0.2) is 4.98 Å². The van der Waals surface area contributed by atoms with E-state index in [1.165, 1.54) is 49.2 Å². The van der Waals surface area contributed by atoms with E-state index in [0.29, 0.717) is 17.5 Å². The van der Waals surface area contributed by atoms with Gasteiger partial charge in [0, 0.05) is 23.1 Å². The molecule has 3 aliphatic carbocycles. The molecule has 0 aromatic carbocycles. The van der Waals surface area contributed by atoms with Crippen LogP contribution in [0.4, 0.5) is 5.82 Å². The van der Waals surface area contributed by atoms with Crippen LogP contribution < -0.4 is 11.1 Å². The van der Waals surface area contributed by atoms with E-state index in [-0.39, 0.29) is 0 Å². The zero-order valence-electron chi connectivity index (χ0n) is 13.9. The molecule has 0 amide bonds. The predicted octanol–water partition coefficient (Wildman–Crippen LogP) is 3.54. The standard InChI is InChI=1S/C18H24BrN5/c19-14-10-21-24-16(22-12-4-3-11(20)9-12)13-5-8-18(6-1-2-7-18)15(13)23-17(14)24/h10-12,22H,1-9,20H2/t11-,12+/m0/s1. The van der Waals surface area contributed by atoms with Crippen molar-refractivity contribution in [2.24, 2.45) is 5.73 Å². The summed E-state index contributed by atoms with van der Waals surface area (Å²) in [7, 11) is 0. The second-order valence-corrected chi connectivity index (χ2v) is 8.77. The Morgan fingerprint density at radius 1 is 1.25 bits per heavy atom. The topological polar surface area (TPSA) is 68.2 Å². The van der Waals surface area contributed by atoms with Crippen LogP contribution in [0.5, 0.6) is 0 Å². The second-order valence-electron chi connectivity index (χ2n) is 7.92. The largest absolute Gasteiger partial charge is 0.367 e. The summed E-state index contributed by atoms with van der Waals surface area (Å²) in [5.41, 5.74) is 10.1. The highest BCUT2D eigenvalue weighted by molar-refractivity contribution is 9.10. The number of anilines is 1. The van der Waals surface area contributed by atoms with Crippen molar-refractivity contribution in [2.75, 3.05) is 5.32 Å². The second kappa shape index (κ2) is 5.43. The lowest BCUT2D eigenvalue weighted by molar-refractivity contribution is 0.429. The van der Waals surface area contributed by atoms with Gasteiger partial charge in [0.05, 0.1) is 16.4 Å². The highest BCUT2D eigenvalue weighted by atomic mass is 79.9. The number of hydrogen-bond donors (Lipinski definition) is 2. The van der Waals surface area contributed by atoms with Crippen molar-refractivity contribution in [3.63, 3.8) is 0 Å². The maximum absolute atomic E-state index is 6.12. The van der Waals surface area contributed by atoms with Crippen LogP contribution in [0.25, 0.3) is 5.65 Å². The molecule has 2 heterocycles. The molecule has 0 radical (unpaired) electrons. The van der Waals surface area contributed by atoms with Crippen LogP contribution in [0.2, 0.25) is 0 Å². The summed E-state index contributed by atoms with van der Waals surface area (Å²) in [5, 5.41) is 8.38. The summed E-state index contributed by atoms with van der Waals surface area (Å²) < 4.78 is 2.98. The molecule has 128 valence electrons. The summed E-state index contributed by atoms with van der Waals surface area (Å²) in [6, 6.07) is 0.788. The van der Waals surface area contributed by atoms with Crippen molar-refractivity contribution >= 4 is 27.4 Å². The molecule has 24 heavy (non-hydrogen) atoms. The third kappa shape index (κ3) is 2.15. The van der Waals surface area contributed by atoms with E-state index >= 15 is 0 Å². The van der Waals surface area contributed by atoms with E-state index in [2.05, 4.69) is 26.3 Å². The van der Waals surface area contributed by atoms with Crippen LogP contribution in [0.3, 0.4) is 0 Å². The molecule has 2 saturated carbocycles. The molecule has 5 rings (SSSR count). The molecule has 5 nitrogen and oxygen atoms in total. The number of aromatic nitrogens is 3. The van der Waals surface area contributed by atoms with Crippen molar-refractivity contribution in [2.45, 2.75) is 75.3 Å². The van der Waals surface area contributed by atoms with Crippen molar-refractivity contribution < 1.29 is 0 Å². The van der Waals surface area contributed by atoms with E-state index in [1.807, 2.05) is 10.7 Å². The van der Waals surface area contributed by atoms with Gasteiger partial charge in [0.25, 0.3) is 0 Å². The van der Waals surface area contributed by atoms with Gasteiger partial charge in [-0.15, -0.1) is 0 Å². The Kier molecular flexibility index (Phi) is 3.42. The fourth-order valence-corrected chi connectivity index (χ4v) is 5.53. The van der Waals surface area contributed by atoms with Crippen molar-refractivity contribution in [1.29, 1.82) is 0 Å². The molecule has 2 aromatic heterocycles. The van der Waals surface area contributed by atoms with Crippen LogP contribution in [0.1, 0.15) is 62.6 Å². The first kappa shape index (κ1) is 15.1. The minimum absolute atomic E-state index is 0.323. The van der Waals surface area contributed by atoms with Gasteiger partial charge in [-0.1, -0.05) is 12.8 Å². The first-order valence-electron chi connectivity index (χ1n) is 9.25. The molecule has 0 unspecified atom stereocenters. The normalized spacial score (nSPS) is 28.1. The average Bonchev–Trinajstić information content (AvgIpc) is 3.33. The molecule has 0 saturated heterocycles. The third-order valence-corrected chi connectivity index (χ3v) is 6.99. The Labute approximate surface area is 150 Å². The number of nitrogens with two attached hydrogens (primary N) is 1. The van der Waals surface area contributed by atoms with Gasteiger partial charge >= 0.3 is 0 Å². The van der Waals surface area contributed by atoms with Gasteiger partial charge in [0.15, 0.2) is 5.65 Å². The quantitative estimate of drug-likeness (QED) is 0.823. The minimum Gasteiger partial charge on any atom is -0.367 e. The SMILES string of the molecule is N[C@H]1CC[C@@H](Nc2c3c(nc4c(Br)cnn24)C2(CCCC2)CC3)C1. The number of nitrogens with zero attached hydrogens (tertiary/aromatic N) is 3. The van der Waals surface area contributed by atoms with Crippen LogP contribution in [-0.4, -0.2) is 26.7 Å². The van der Waals surface area contributed by atoms with E-state index in [1.54, 1.807) is 0 Å². The molecule has 2 aromatic rings. The molecule has 0 bridgehead atoms. The lowest BCUT2D eigenvalue weighted by atomic mass is 9.83. The lowest BCUT2D eigenvalue weighted by Gasteiger charge is -2.24. The van der Waals surface area contributed by atoms with Crippen LogP contribution in [-0.2, 0) is 11.8 Å². The molecule has 3 aliphatic rings. The summed E-state index contributed by atoms with van der Waals surface area (Å²) in [4.78, 5) is 5.09. The summed E-state index contributed by atoms with van der Waals surface area (Å²) >= 11 is 3.64. The van der Waals surface area contributed by atoms with Gasteiger partial charge < -0.3 is 11.1 Å². The van der Waals surface area contributed by atoms with Crippen molar-refractivity contribution in [1.82, 2.24) is 14.6 Å². The van der Waals surface area contributed by atoms with Crippen LogP contribution >= 0.6 is 15.9 Å². The van der Waals surface area contributed by atoms with Crippen molar-refractivity contribution in [3.05, 3.63) is 21.9 Å². The van der Waals surface area contributed by atoms with Gasteiger partial charge in [-0.2, -0.15) is 9.61 Å². The average molecular weight is 390 g/mol. The number of fused-ring (bicyclic) bond motifs is 3. The molecule has 0 aliphatic heterocycles. The van der Waals surface area contributed by atoms with Gasteiger partial charge in [-0.05, 0) is 60.9 Å². The summed E-state index contributed by atoms with van der Waals surface area (Å²) in [6.45, 7) is 0. The Hall–Kier alpha value is -1.14. The highest BCUT2D eigenvalue weighted by Gasteiger charge is 2.44. The smallest absolute Gasteiger partial charge is 0.171 e. The predicted molar refractivity (Wildman–Crippen MR) is 98.4 cm³/mol. The molecule has 1 spiro atoms. The highest BCUT2D eigenvalue weighted by Crippen LogP contribution is 2.51. The minimum atomic E-state index is 0.323. The molecule has 2 atom stereocenters. The molecule has 3 N–H and O–H groups in total. The van der Waals surface area contributed by atoms with E-state index in [0.717, 1.165) is 35.8 Å². The number of hydrogen-bond acceptors (Lipinski definition) is 4. The van der Waals surface area contributed by atoms with Gasteiger partial charge in [-0.3, -0.25) is 0 Å². The van der Waals surface area contributed by atoms with Gasteiger partial charge in [0.2, 0.25) is 0 Å². The molecular weight excluding hydrogens is 366 g/mol. The summed E-state index contributed by atoms with van der Waals surface area (Å²) in [5.74, 6) is 1.17. The van der Waals surface area contributed by atoms with Crippen LogP contribution in [0.15, 0.2) is 10.7 Å². The van der Waals surface area contributed by atoms with E-state index in [4.69, 9.17) is 10.7 Å². The lowest BCUT2D eigenvalue weighted by Crippen LogP contribution is -2.24. The fourth-order valence-electron chi connectivity index (χ4n) is 5.19. The number of nitrogens with one attached hydrogen (secondary N) is 1. The molecule has 2 fully saturated rings. The molecular formula is C18H24BrN5. The zero-order valence-corrected chi connectivity index (χ0v) is 15.5. The monoisotopic (exact) mass is 389 g/mol. The Balaban J connectivity index is 1.65. The van der Waals surface area contributed by atoms with E-state index < -0.39 is 0 Å². The Morgan fingerprint density at radius 3 is 2.83 bits per heavy atom. The third-order valence-electron chi connectivity index (χ3n) is 6.43. The van der Waals surface area contributed by atoms with Crippen LogP contribution in [0, 0.1) is 0 Å². The summed E-state index contributed by atoms with van der Waals surface area (Å²) in [6.07, 6.45) is 12.8. The fraction of sp³-hybridized carbons (Fsp3) is 0.667. The maximum atomic E-state index is 6.12. The number of halogens is 1. The zero-order chi connectivity index (χ0) is 16.3. The van der Waals surface area contributed by atoms with Crippen molar-refractivity contribution in [3.8, 4) is 0 Å². The van der Waals surface area contributed by atoms with Gasteiger partial charge in [0.1, 0.15) is 5.82 Å². The molecule has 6 heteroatoms. The Morgan fingerprint density at radius 2 is 2.08 bits per heavy atom.